The summed E-state index contributed by atoms with van der Waals surface area (Å²) in [6, 6.07) is 0. The van der Waals surface area contributed by atoms with Crippen molar-refractivity contribution in [3.05, 3.63) is 95.2 Å². The maximum absolute atomic E-state index is 5.26. The molecule has 0 saturated heterocycles. The molecule has 0 amide bonds. The highest BCUT2D eigenvalue weighted by molar-refractivity contribution is 6.16. The molecule has 0 aromatic carbocycles. The van der Waals surface area contributed by atoms with Crippen LogP contribution in [0.2, 0.25) is 0 Å². The summed E-state index contributed by atoms with van der Waals surface area (Å²) in [7, 11) is 1.71. The van der Waals surface area contributed by atoms with Crippen LogP contribution in [0, 0.1) is 0 Å². The van der Waals surface area contributed by atoms with E-state index in [1.165, 1.54) is 0 Å². The molecule has 5 aliphatic heterocycles. The SMILES string of the molecule is COCCC1=CC2=CC3=NC(=CC4=NC(=CC5=NC(=CC1=N2)C=C5)C=C4)C=C3. The lowest BCUT2D eigenvalue weighted by Gasteiger charge is -2.02. The zero-order valence-electron chi connectivity index (χ0n) is 15.5. The summed E-state index contributed by atoms with van der Waals surface area (Å²) in [5, 5.41) is 0. The number of nitrogens with zero attached hydrogens (tertiary/aromatic N) is 4. The first-order valence-electron chi connectivity index (χ1n) is 9.21. The lowest BCUT2D eigenvalue weighted by Crippen LogP contribution is -2.00. The molecular weight excluding hydrogens is 348 g/mol. The maximum atomic E-state index is 5.26. The zero-order chi connectivity index (χ0) is 18.9. The van der Waals surface area contributed by atoms with Crippen molar-refractivity contribution in [2.24, 2.45) is 20.0 Å². The summed E-state index contributed by atoms with van der Waals surface area (Å²) in [4.78, 5) is 18.8. The third-order valence-corrected chi connectivity index (χ3v) is 4.70. The van der Waals surface area contributed by atoms with Crippen molar-refractivity contribution in [2.75, 3.05) is 13.7 Å². The van der Waals surface area contributed by atoms with Crippen molar-refractivity contribution in [3.8, 4) is 0 Å². The Morgan fingerprint density at radius 3 is 1.71 bits per heavy atom. The molecule has 0 aromatic rings. The number of aliphatic imine (C=N–C) groups is 4. The summed E-state index contributed by atoms with van der Waals surface area (Å²) in [5.74, 6) is 0. The predicted octanol–water partition coefficient (Wildman–Crippen LogP) is 3.99. The van der Waals surface area contributed by atoms with Gasteiger partial charge in [-0.1, -0.05) is 0 Å². The fourth-order valence-electron chi connectivity index (χ4n) is 3.37. The van der Waals surface area contributed by atoms with E-state index in [1.807, 2.05) is 60.8 Å². The van der Waals surface area contributed by atoms with Gasteiger partial charge in [0.2, 0.25) is 0 Å². The van der Waals surface area contributed by atoms with Crippen LogP contribution in [0.3, 0.4) is 0 Å². The minimum absolute atomic E-state index is 0.651. The second-order valence-corrected chi connectivity index (χ2v) is 6.80. The second kappa shape index (κ2) is 6.94. The van der Waals surface area contributed by atoms with Crippen LogP contribution in [0.4, 0.5) is 0 Å². The maximum Gasteiger partial charge on any atom is 0.0692 e. The molecule has 5 heteroatoms. The number of allylic oxidation sites excluding steroid dienone is 11. The van der Waals surface area contributed by atoms with Gasteiger partial charge in [-0.05, 0) is 78.8 Å². The molecular formula is C23H18N4O. The summed E-state index contributed by atoms with van der Waals surface area (Å²) < 4.78 is 5.26. The predicted molar refractivity (Wildman–Crippen MR) is 114 cm³/mol. The minimum Gasteiger partial charge on any atom is -0.384 e. The van der Waals surface area contributed by atoms with Crippen molar-refractivity contribution in [1.29, 1.82) is 0 Å². The number of hydrogen-bond acceptors (Lipinski definition) is 5. The van der Waals surface area contributed by atoms with Gasteiger partial charge in [0.15, 0.2) is 0 Å². The number of methoxy groups -OCH3 is 1. The van der Waals surface area contributed by atoms with Crippen molar-refractivity contribution in [1.82, 2.24) is 0 Å². The number of ether oxygens (including phenoxy) is 1. The molecule has 0 saturated carbocycles. The topological polar surface area (TPSA) is 58.7 Å². The minimum atomic E-state index is 0.651. The largest absolute Gasteiger partial charge is 0.384 e. The molecule has 0 spiro atoms. The van der Waals surface area contributed by atoms with Gasteiger partial charge in [0, 0.05) is 7.11 Å². The second-order valence-electron chi connectivity index (χ2n) is 6.80. The zero-order valence-corrected chi connectivity index (χ0v) is 15.5. The molecule has 28 heavy (non-hydrogen) atoms. The highest BCUT2D eigenvalue weighted by Crippen LogP contribution is 2.24. The van der Waals surface area contributed by atoms with Gasteiger partial charge in [0.25, 0.3) is 0 Å². The van der Waals surface area contributed by atoms with E-state index in [4.69, 9.17) is 9.73 Å². The summed E-state index contributed by atoms with van der Waals surface area (Å²) >= 11 is 0. The van der Waals surface area contributed by atoms with E-state index in [9.17, 15) is 0 Å². The van der Waals surface area contributed by atoms with Gasteiger partial charge in [-0.2, -0.15) is 0 Å². The highest BCUT2D eigenvalue weighted by Gasteiger charge is 2.16. The van der Waals surface area contributed by atoms with E-state index >= 15 is 0 Å². The van der Waals surface area contributed by atoms with Crippen LogP contribution in [0.5, 0.6) is 0 Å². The molecule has 5 heterocycles. The molecule has 0 radical (unpaired) electrons. The summed E-state index contributed by atoms with van der Waals surface area (Å²) in [6.07, 6.45) is 22.9. The number of rotatable bonds is 3. The lowest BCUT2D eigenvalue weighted by molar-refractivity contribution is 0.203. The van der Waals surface area contributed by atoms with Crippen molar-refractivity contribution in [3.63, 3.8) is 0 Å². The van der Waals surface area contributed by atoms with E-state index in [2.05, 4.69) is 21.1 Å². The monoisotopic (exact) mass is 366 g/mol. The molecule has 0 aliphatic carbocycles. The number of fused-ring (bicyclic) bond motifs is 4. The normalized spacial score (nSPS) is 21.5. The molecule has 0 aromatic heterocycles. The van der Waals surface area contributed by atoms with E-state index in [-0.39, 0.29) is 0 Å². The van der Waals surface area contributed by atoms with E-state index < -0.39 is 0 Å². The van der Waals surface area contributed by atoms with Crippen LogP contribution >= 0.6 is 0 Å². The van der Waals surface area contributed by atoms with Crippen molar-refractivity contribution < 1.29 is 4.74 Å². The molecule has 5 aliphatic rings. The van der Waals surface area contributed by atoms with Crippen molar-refractivity contribution >= 4 is 22.8 Å². The Labute approximate surface area is 163 Å². The van der Waals surface area contributed by atoms with Gasteiger partial charge >= 0.3 is 0 Å². The van der Waals surface area contributed by atoms with E-state index in [0.29, 0.717) is 6.61 Å². The molecule has 0 N–H and O–H groups in total. The molecule has 5 rings (SSSR count). The third kappa shape index (κ3) is 3.40. The first-order valence-corrected chi connectivity index (χ1v) is 9.21. The van der Waals surface area contributed by atoms with Gasteiger partial charge in [0.05, 0.1) is 52.2 Å². The fourth-order valence-corrected chi connectivity index (χ4v) is 3.37. The highest BCUT2D eigenvalue weighted by atomic mass is 16.5. The van der Waals surface area contributed by atoms with Gasteiger partial charge in [-0.15, -0.1) is 0 Å². The van der Waals surface area contributed by atoms with Crippen LogP contribution in [0.15, 0.2) is 115 Å². The van der Waals surface area contributed by atoms with Crippen LogP contribution < -0.4 is 0 Å². The molecule has 136 valence electrons. The van der Waals surface area contributed by atoms with Crippen LogP contribution in [-0.2, 0) is 4.74 Å². The summed E-state index contributed by atoms with van der Waals surface area (Å²) in [5.41, 5.74) is 8.26. The Hall–Kier alpha value is -3.44. The van der Waals surface area contributed by atoms with Gasteiger partial charge in [-0.25, -0.2) is 20.0 Å². The van der Waals surface area contributed by atoms with Gasteiger partial charge < -0.3 is 4.74 Å². The first-order chi connectivity index (χ1) is 13.7. The lowest BCUT2D eigenvalue weighted by atomic mass is 10.1. The average molecular weight is 366 g/mol. The van der Waals surface area contributed by atoms with E-state index in [1.54, 1.807) is 7.11 Å². The Kier molecular flexibility index (Phi) is 4.14. The Morgan fingerprint density at radius 2 is 1.14 bits per heavy atom. The first kappa shape index (κ1) is 16.7. The smallest absolute Gasteiger partial charge is 0.0692 e. The molecule has 5 nitrogen and oxygen atoms in total. The average Bonchev–Trinajstić information content (AvgIpc) is 3.45. The Balaban J connectivity index is 1.61. The van der Waals surface area contributed by atoms with Gasteiger partial charge in [0.1, 0.15) is 0 Å². The Bertz CT molecular complexity index is 1130. The third-order valence-electron chi connectivity index (χ3n) is 4.70. The van der Waals surface area contributed by atoms with Crippen molar-refractivity contribution in [2.45, 2.75) is 6.42 Å². The summed E-state index contributed by atoms with van der Waals surface area (Å²) in [6.45, 7) is 0.651. The van der Waals surface area contributed by atoms with Gasteiger partial charge in [-0.3, -0.25) is 0 Å². The fraction of sp³-hybridized carbons (Fsp3) is 0.130. The standard InChI is InChI=1S/C23H18N4O/c1-28-9-8-15-10-22-13-20-5-4-18(25-20)11-16-2-3-17(24-16)12-19-6-7-21(26-19)14-23(15)27-22/h2-7,10-14H,8-9H2,1H3. The molecule has 8 bridgehead atoms. The quantitative estimate of drug-likeness (QED) is 0.745. The molecule has 0 fully saturated rings. The van der Waals surface area contributed by atoms with Crippen LogP contribution in [-0.4, -0.2) is 36.6 Å². The Morgan fingerprint density at radius 1 is 0.607 bits per heavy atom. The molecule has 0 unspecified atom stereocenters. The number of hydrogen-bond donors (Lipinski definition) is 0. The van der Waals surface area contributed by atoms with Crippen LogP contribution in [0.25, 0.3) is 0 Å². The van der Waals surface area contributed by atoms with Crippen LogP contribution in [0.1, 0.15) is 6.42 Å². The van der Waals surface area contributed by atoms with E-state index in [0.717, 1.165) is 57.6 Å². The molecule has 0 atom stereocenters.